The zero-order chi connectivity index (χ0) is 4.00. The van der Waals surface area contributed by atoms with Gasteiger partial charge in [-0.05, 0) is 0 Å². The van der Waals surface area contributed by atoms with Gasteiger partial charge in [0.2, 0.25) is 0 Å². The third-order valence-electron chi connectivity index (χ3n) is 0. The summed E-state index contributed by atoms with van der Waals surface area (Å²) in [5.41, 5.74) is 0. The standard InChI is InChI=1S/La.2O.Ta. The van der Waals surface area contributed by atoms with Gasteiger partial charge >= 0.3 is 59.8 Å². The van der Waals surface area contributed by atoms with Gasteiger partial charge in [0.1, 0.15) is 0 Å². The molecule has 20 valence electrons. The molecule has 0 aliphatic carbocycles. The molecule has 0 atom stereocenters. The molecule has 0 aromatic heterocycles. The summed E-state index contributed by atoms with van der Waals surface area (Å²) in [5.74, 6) is 0. The third-order valence-corrected chi connectivity index (χ3v) is 0. The van der Waals surface area contributed by atoms with E-state index in [0.29, 0.717) is 0 Å². The molecule has 0 rings (SSSR count). The number of hydrogen-bond donors (Lipinski definition) is 0. The van der Waals surface area contributed by atoms with Crippen LogP contribution in [0.1, 0.15) is 0 Å². The van der Waals surface area contributed by atoms with Crippen LogP contribution in [-0.4, -0.2) is 0 Å². The summed E-state index contributed by atoms with van der Waals surface area (Å²) in [4.78, 5) is 0. The average molecular weight is 352 g/mol. The van der Waals surface area contributed by atoms with Gasteiger partial charge in [0.05, 0.1) is 0 Å². The molecule has 0 spiro atoms. The first-order chi connectivity index (χ1) is 2.00. The van der Waals surface area contributed by atoms with Crippen molar-refractivity contribution in [2.75, 3.05) is 0 Å². The van der Waals surface area contributed by atoms with Crippen LogP contribution in [0.15, 0.2) is 0 Å². The van der Waals surface area contributed by atoms with Crippen LogP contribution < -0.4 is 0 Å². The Kier molecular flexibility index (Phi) is 54.8. The quantitative estimate of drug-likeness (QED) is 0.603. The number of hydrogen-bond acceptors (Lipinski definition) is 2. The van der Waals surface area contributed by atoms with Crippen molar-refractivity contribution in [3.05, 3.63) is 0 Å². The van der Waals surface area contributed by atoms with Crippen molar-refractivity contribution in [2.45, 2.75) is 0 Å². The van der Waals surface area contributed by atoms with E-state index in [1.165, 1.54) is 0 Å². The van der Waals surface area contributed by atoms with E-state index in [1.807, 2.05) is 0 Å². The molecular formula is LaO2Ta. The molecule has 0 saturated heterocycles. The Hall–Kier alpha value is 1.54. The van der Waals surface area contributed by atoms with E-state index in [9.17, 15) is 0 Å². The Bertz CT molecular complexity index is 8.00. The molecule has 2 nitrogen and oxygen atoms in total. The average Bonchev–Trinajstić information content (AvgIpc) is 1.50. The van der Waals surface area contributed by atoms with Gasteiger partial charge in [-0.2, -0.15) is 0 Å². The van der Waals surface area contributed by atoms with Crippen molar-refractivity contribution in [1.29, 1.82) is 0 Å². The summed E-state index contributed by atoms with van der Waals surface area (Å²) in [6.45, 7) is 0. The second-order valence-electron chi connectivity index (χ2n) is 0. The molecule has 0 aromatic rings. The Morgan fingerprint density at radius 3 is 1.25 bits per heavy atom. The van der Waals surface area contributed by atoms with E-state index in [4.69, 9.17) is 4.95 Å². The van der Waals surface area contributed by atoms with Gasteiger partial charge in [0.15, 0.2) is 0 Å². The molecule has 0 radical (unpaired) electrons. The molecule has 0 aliphatic rings. The Labute approximate surface area is 58.9 Å². The summed E-state index contributed by atoms with van der Waals surface area (Å²) >= 11 is 0.111. The topological polar surface area (TPSA) is 34.1 Å². The fourth-order valence-corrected chi connectivity index (χ4v) is 0. The van der Waals surface area contributed by atoms with Crippen LogP contribution in [0.5, 0.6) is 0 Å². The molecule has 0 unspecified atom stereocenters. The van der Waals surface area contributed by atoms with Crippen LogP contribution in [0.2, 0.25) is 0 Å². The normalized spacial score (nSPS) is 2.25. The van der Waals surface area contributed by atoms with Crippen LogP contribution >= 0.6 is 0 Å². The minimum atomic E-state index is -0.0833. The molecule has 4 heteroatoms. The molecule has 0 saturated carbocycles. The maximum absolute atomic E-state index is 8.42. The van der Waals surface area contributed by atoms with Crippen molar-refractivity contribution < 1.29 is 59.8 Å². The van der Waals surface area contributed by atoms with Crippen LogP contribution in [0.25, 0.3) is 0 Å². The summed E-state index contributed by atoms with van der Waals surface area (Å²) < 4.78 is 16.8. The van der Waals surface area contributed by atoms with Crippen LogP contribution in [-0.2, 0) is 26.0 Å². The van der Waals surface area contributed by atoms with E-state index in [-0.39, 0.29) is 54.9 Å². The molecule has 0 N–H and O–H groups in total. The van der Waals surface area contributed by atoms with Crippen LogP contribution in [0, 0.1) is 33.8 Å². The first kappa shape index (κ1) is 9.11. The summed E-state index contributed by atoms with van der Waals surface area (Å²) in [6.07, 6.45) is 0. The Morgan fingerprint density at radius 1 is 1.25 bits per heavy atom. The van der Waals surface area contributed by atoms with Gasteiger partial charge in [0.25, 0.3) is 0 Å². The van der Waals surface area contributed by atoms with E-state index in [1.54, 1.807) is 0 Å². The predicted molar refractivity (Wildman–Crippen MR) is 1.37 cm³/mol. The molecule has 0 bridgehead atoms. The third kappa shape index (κ3) is 9.64. The zero-order valence-electron chi connectivity index (χ0n) is 1.84. The predicted octanol–water partition coefficient (Wildman–Crippen LogP) is -0.240. The molecule has 0 aromatic carbocycles. The minimum absolute atomic E-state index is 0.0833. The zero-order valence-corrected chi connectivity index (χ0v) is 8.68. The Balaban J connectivity index is 0. The van der Waals surface area contributed by atoms with Gasteiger partial charge in [-0.3, -0.25) is 0 Å². The molecule has 0 heterocycles. The van der Waals surface area contributed by atoms with Crippen molar-refractivity contribution in [3.63, 3.8) is 0 Å². The first-order valence-electron chi connectivity index (χ1n) is 0.418. The van der Waals surface area contributed by atoms with Crippen LogP contribution in [0.3, 0.4) is 0 Å². The van der Waals surface area contributed by atoms with E-state index >= 15 is 0 Å². The van der Waals surface area contributed by atoms with E-state index in [0.717, 1.165) is 0 Å². The molecule has 0 amide bonds. The summed E-state index contributed by atoms with van der Waals surface area (Å²) in [6, 6.07) is 0. The van der Waals surface area contributed by atoms with Gasteiger partial charge in [-0.15, -0.1) is 0 Å². The van der Waals surface area contributed by atoms with Crippen molar-refractivity contribution in [3.8, 4) is 0 Å². The van der Waals surface area contributed by atoms with Gasteiger partial charge in [-0.25, -0.2) is 0 Å². The van der Waals surface area contributed by atoms with E-state index < -0.39 is 0 Å². The van der Waals surface area contributed by atoms with E-state index in [2.05, 4.69) is 0 Å². The molecule has 4 heavy (non-hydrogen) atoms. The second-order valence-corrected chi connectivity index (χ2v) is 0. The monoisotopic (exact) mass is 352 g/mol. The van der Waals surface area contributed by atoms with Crippen molar-refractivity contribution in [2.24, 2.45) is 0 Å². The SMILES string of the molecule is [O]=[La].[O]=[Ta]. The van der Waals surface area contributed by atoms with Gasteiger partial charge < -0.3 is 0 Å². The first-order valence-corrected chi connectivity index (χ1v) is 3.21. The number of rotatable bonds is 0. The van der Waals surface area contributed by atoms with Crippen molar-refractivity contribution in [1.82, 2.24) is 0 Å². The van der Waals surface area contributed by atoms with Crippen molar-refractivity contribution >= 4 is 0 Å². The van der Waals surface area contributed by atoms with Gasteiger partial charge in [-0.1, -0.05) is 0 Å². The molecular weight excluding hydrogens is 352 g/mol. The fourth-order valence-electron chi connectivity index (χ4n) is 0. The van der Waals surface area contributed by atoms with Gasteiger partial charge in [0, 0.05) is 0 Å². The summed E-state index contributed by atoms with van der Waals surface area (Å²) in [7, 11) is 0. The maximum atomic E-state index is 8.42. The fraction of sp³-hybridized carbons (Fsp3) is 0. The second kappa shape index (κ2) is 24.1. The molecule has 0 aliphatic heterocycles. The summed E-state index contributed by atoms with van der Waals surface area (Å²) in [5, 5.41) is 0. The molecule has 0 fully saturated rings. The van der Waals surface area contributed by atoms with Crippen LogP contribution in [0.4, 0.5) is 0 Å². The Morgan fingerprint density at radius 2 is 1.25 bits per heavy atom.